The number of hydrogen-bond acceptors (Lipinski definition) is 6. The molecular formula is C27H42N4O2. The lowest BCUT2D eigenvalue weighted by atomic mass is 10.1. The van der Waals surface area contributed by atoms with E-state index in [-0.39, 0.29) is 0 Å². The van der Waals surface area contributed by atoms with Crippen LogP contribution in [0.4, 0.5) is 11.5 Å². The highest BCUT2D eigenvalue weighted by Gasteiger charge is 2.12. The monoisotopic (exact) mass is 454 g/mol. The van der Waals surface area contributed by atoms with Gasteiger partial charge in [0.2, 0.25) is 0 Å². The molecule has 182 valence electrons. The SMILES string of the molecule is CC.CCC.CNc1nc(OC)nc(-c2cccc(N)c2)c1C.COC1=CCC=C(C)C=C1. The summed E-state index contributed by atoms with van der Waals surface area (Å²) in [7, 11) is 5.06. The summed E-state index contributed by atoms with van der Waals surface area (Å²) in [5.41, 5.74) is 10.5. The van der Waals surface area contributed by atoms with Crippen molar-refractivity contribution in [2.45, 2.75) is 54.4 Å². The van der Waals surface area contributed by atoms with Crippen molar-refractivity contribution in [3.8, 4) is 17.3 Å². The Labute approximate surface area is 200 Å². The molecule has 1 aliphatic rings. The van der Waals surface area contributed by atoms with Gasteiger partial charge in [-0.2, -0.15) is 9.97 Å². The fourth-order valence-electron chi connectivity index (χ4n) is 2.66. The minimum atomic E-state index is 0.336. The Morgan fingerprint density at radius 2 is 1.67 bits per heavy atom. The summed E-state index contributed by atoms with van der Waals surface area (Å²) in [5.74, 6) is 1.70. The van der Waals surface area contributed by atoms with Crippen LogP contribution < -0.4 is 15.8 Å². The Morgan fingerprint density at radius 3 is 2.21 bits per heavy atom. The molecule has 0 saturated heterocycles. The lowest BCUT2D eigenvalue weighted by Gasteiger charge is -2.11. The van der Waals surface area contributed by atoms with Crippen LogP contribution in [-0.4, -0.2) is 31.2 Å². The molecule has 1 aromatic heterocycles. The quantitative estimate of drug-likeness (QED) is 0.486. The summed E-state index contributed by atoms with van der Waals surface area (Å²) in [6, 6.07) is 7.93. The molecule has 2 aromatic rings. The highest BCUT2D eigenvalue weighted by Crippen LogP contribution is 2.28. The van der Waals surface area contributed by atoms with Gasteiger partial charge in [-0.1, -0.05) is 64.0 Å². The van der Waals surface area contributed by atoms with Gasteiger partial charge >= 0.3 is 6.01 Å². The van der Waals surface area contributed by atoms with E-state index in [1.807, 2.05) is 58.2 Å². The number of benzene rings is 1. The van der Waals surface area contributed by atoms with Crippen molar-refractivity contribution in [2.75, 3.05) is 32.3 Å². The van der Waals surface area contributed by atoms with E-state index in [4.69, 9.17) is 15.2 Å². The Hall–Kier alpha value is -3.28. The fourth-order valence-corrected chi connectivity index (χ4v) is 2.66. The number of nitrogen functional groups attached to an aromatic ring is 1. The van der Waals surface area contributed by atoms with Gasteiger partial charge in [0.25, 0.3) is 0 Å². The van der Waals surface area contributed by atoms with Crippen molar-refractivity contribution in [2.24, 2.45) is 0 Å². The number of rotatable bonds is 4. The summed E-state index contributed by atoms with van der Waals surface area (Å²) < 4.78 is 10.2. The van der Waals surface area contributed by atoms with Crippen LogP contribution in [0.3, 0.4) is 0 Å². The van der Waals surface area contributed by atoms with Gasteiger partial charge in [-0.25, -0.2) is 0 Å². The molecule has 3 N–H and O–H groups in total. The number of allylic oxidation sites excluding steroid dienone is 5. The maximum absolute atomic E-state index is 5.80. The van der Waals surface area contributed by atoms with Gasteiger partial charge in [-0.05, 0) is 44.6 Å². The van der Waals surface area contributed by atoms with Crippen molar-refractivity contribution in [1.29, 1.82) is 0 Å². The van der Waals surface area contributed by atoms with Crippen molar-refractivity contribution in [1.82, 2.24) is 9.97 Å². The van der Waals surface area contributed by atoms with Crippen molar-refractivity contribution in [3.63, 3.8) is 0 Å². The van der Waals surface area contributed by atoms with Gasteiger partial charge in [0, 0.05) is 23.9 Å². The lowest BCUT2D eigenvalue weighted by Crippen LogP contribution is -2.03. The third-order valence-electron chi connectivity index (χ3n) is 4.21. The molecule has 0 saturated carbocycles. The maximum atomic E-state index is 5.80. The number of nitrogens with zero attached hydrogens (tertiary/aromatic N) is 2. The zero-order valence-electron chi connectivity index (χ0n) is 21.8. The molecule has 0 spiro atoms. The smallest absolute Gasteiger partial charge is 0.318 e. The summed E-state index contributed by atoms with van der Waals surface area (Å²) in [6.07, 6.45) is 10.5. The average molecular weight is 455 g/mol. The molecule has 3 rings (SSSR count). The van der Waals surface area contributed by atoms with E-state index in [1.165, 1.54) is 12.0 Å². The molecule has 0 amide bonds. The molecule has 0 bridgehead atoms. The third kappa shape index (κ3) is 10.7. The van der Waals surface area contributed by atoms with Crippen molar-refractivity contribution >= 4 is 11.5 Å². The number of methoxy groups -OCH3 is 2. The minimum Gasteiger partial charge on any atom is -0.497 e. The third-order valence-corrected chi connectivity index (χ3v) is 4.21. The van der Waals surface area contributed by atoms with E-state index in [2.05, 4.69) is 54.3 Å². The molecule has 33 heavy (non-hydrogen) atoms. The van der Waals surface area contributed by atoms with E-state index < -0.39 is 0 Å². The van der Waals surface area contributed by atoms with Gasteiger partial charge in [0.05, 0.1) is 19.9 Å². The zero-order valence-corrected chi connectivity index (χ0v) is 21.8. The predicted octanol–water partition coefficient (Wildman–Crippen LogP) is 6.95. The number of nitrogens with two attached hydrogens (primary N) is 1. The number of hydrogen-bond donors (Lipinski definition) is 2. The van der Waals surface area contributed by atoms with E-state index in [0.717, 1.165) is 34.8 Å². The zero-order chi connectivity index (χ0) is 25.2. The maximum Gasteiger partial charge on any atom is 0.318 e. The van der Waals surface area contributed by atoms with Crippen LogP contribution in [0.1, 0.15) is 53.0 Å². The largest absolute Gasteiger partial charge is 0.497 e. The van der Waals surface area contributed by atoms with Gasteiger partial charge in [-0.15, -0.1) is 0 Å². The average Bonchev–Trinajstić information content (AvgIpc) is 3.05. The van der Waals surface area contributed by atoms with Gasteiger partial charge < -0.3 is 20.5 Å². The second-order valence-electron chi connectivity index (χ2n) is 6.94. The van der Waals surface area contributed by atoms with Crippen LogP contribution in [0.15, 0.2) is 59.9 Å². The highest BCUT2D eigenvalue weighted by atomic mass is 16.5. The van der Waals surface area contributed by atoms with Gasteiger partial charge in [0.15, 0.2) is 0 Å². The second-order valence-corrected chi connectivity index (χ2v) is 6.94. The normalized spacial score (nSPS) is 11.5. The molecule has 0 aliphatic heterocycles. The lowest BCUT2D eigenvalue weighted by molar-refractivity contribution is 0.306. The second kappa shape index (κ2) is 17.3. The molecule has 6 nitrogen and oxygen atoms in total. The molecule has 6 heteroatoms. The standard InChI is InChI=1S/C13H16N4O.C9H12O.C3H8.C2H6/c1-8-11(9-5-4-6-10(14)7-9)16-13(18-3)17-12(8)15-2;1-8-4-3-5-9(10-2)7-6-8;1-3-2;1-2/h4-7H,14H2,1-3H3,(H,15,16,17);4-7H,3H2,1-2H3;3H2,1-2H3;1-2H3. The molecule has 0 unspecified atom stereocenters. The van der Waals surface area contributed by atoms with Crippen LogP contribution >= 0.6 is 0 Å². The van der Waals surface area contributed by atoms with Crippen LogP contribution in [0.25, 0.3) is 11.3 Å². The Bertz CT molecular complexity index is 918. The Balaban J connectivity index is 0.000000576. The van der Waals surface area contributed by atoms with E-state index >= 15 is 0 Å². The first-order valence-corrected chi connectivity index (χ1v) is 11.4. The van der Waals surface area contributed by atoms with Crippen LogP contribution in [0, 0.1) is 6.92 Å². The highest BCUT2D eigenvalue weighted by molar-refractivity contribution is 5.71. The Kier molecular flexibility index (Phi) is 15.6. The summed E-state index contributed by atoms with van der Waals surface area (Å²) in [5, 5.41) is 3.03. The Morgan fingerprint density at radius 1 is 1.00 bits per heavy atom. The first-order chi connectivity index (χ1) is 15.9. The molecule has 1 aromatic carbocycles. The van der Waals surface area contributed by atoms with Crippen LogP contribution in [0.2, 0.25) is 0 Å². The first kappa shape index (κ1) is 29.7. The van der Waals surface area contributed by atoms with Gasteiger partial charge in [-0.3, -0.25) is 0 Å². The van der Waals surface area contributed by atoms with Crippen molar-refractivity contribution in [3.05, 3.63) is 65.5 Å². The van der Waals surface area contributed by atoms with Crippen LogP contribution in [-0.2, 0) is 4.74 Å². The number of aromatic nitrogens is 2. The molecule has 1 heterocycles. The number of nitrogens with one attached hydrogen (secondary N) is 1. The molecule has 0 fully saturated rings. The number of anilines is 2. The topological polar surface area (TPSA) is 82.3 Å². The first-order valence-electron chi connectivity index (χ1n) is 11.4. The van der Waals surface area contributed by atoms with E-state index in [0.29, 0.717) is 11.7 Å². The minimum absolute atomic E-state index is 0.336. The van der Waals surface area contributed by atoms with Gasteiger partial charge in [0.1, 0.15) is 11.6 Å². The summed E-state index contributed by atoms with van der Waals surface area (Å²) >= 11 is 0. The molecule has 1 aliphatic carbocycles. The number of ether oxygens (including phenoxy) is 2. The molecule has 0 radical (unpaired) electrons. The summed E-state index contributed by atoms with van der Waals surface area (Å²) in [4.78, 5) is 8.62. The molecule has 0 atom stereocenters. The van der Waals surface area contributed by atoms with Crippen LogP contribution in [0.5, 0.6) is 6.01 Å². The summed E-state index contributed by atoms with van der Waals surface area (Å²) in [6.45, 7) is 12.3. The predicted molar refractivity (Wildman–Crippen MR) is 143 cm³/mol. The van der Waals surface area contributed by atoms with E-state index in [1.54, 1.807) is 14.2 Å². The fraction of sp³-hybridized carbons (Fsp3) is 0.407. The molecular weight excluding hydrogens is 412 g/mol. The van der Waals surface area contributed by atoms with Crippen molar-refractivity contribution < 1.29 is 9.47 Å². The van der Waals surface area contributed by atoms with E-state index in [9.17, 15) is 0 Å².